The van der Waals surface area contributed by atoms with Gasteiger partial charge in [0.15, 0.2) is 0 Å². The summed E-state index contributed by atoms with van der Waals surface area (Å²) in [4.78, 5) is 22.0. The molecule has 8 heteroatoms. The molecular formula is C9H10N2O5S. The molecule has 1 rings (SSSR count). The minimum Gasteiger partial charge on any atom is -0.478 e. The monoisotopic (exact) mass is 258 g/mol. The number of benzene rings is 1. The number of urea groups is 1. The lowest BCUT2D eigenvalue weighted by Gasteiger charge is -2.08. The number of sulfonamides is 1. The van der Waals surface area contributed by atoms with Crippen LogP contribution in [0.2, 0.25) is 0 Å². The zero-order valence-electron chi connectivity index (χ0n) is 8.80. The van der Waals surface area contributed by atoms with Gasteiger partial charge < -0.3 is 10.4 Å². The van der Waals surface area contributed by atoms with E-state index in [1.165, 1.54) is 24.3 Å². The SMILES string of the molecule is CS(=O)(=O)NC(=O)Nc1ccccc1C(=O)O. The Balaban J connectivity index is 2.89. The van der Waals surface area contributed by atoms with Crippen LogP contribution in [0, 0.1) is 0 Å². The van der Waals surface area contributed by atoms with E-state index in [0.717, 1.165) is 6.26 Å². The smallest absolute Gasteiger partial charge is 0.337 e. The Morgan fingerprint density at radius 2 is 1.82 bits per heavy atom. The van der Waals surface area contributed by atoms with E-state index in [9.17, 15) is 18.0 Å². The maximum atomic E-state index is 11.2. The second-order valence-electron chi connectivity index (χ2n) is 3.18. The highest BCUT2D eigenvalue weighted by Crippen LogP contribution is 2.14. The third-order valence-electron chi connectivity index (χ3n) is 1.68. The molecule has 0 saturated carbocycles. The van der Waals surface area contributed by atoms with Gasteiger partial charge in [-0.15, -0.1) is 0 Å². The molecule has 0 heterocycles. The third kappa shape index (κ3) is 4.11. The Kier molecular flexibility index (Phi) is 3.69. The summed E-state index contributed by atoms with van der Waals surface area (Å²) >= 11 is 0. The topological polar surface area (TPSA) is 113 Å². The van der Waals surface area contributed by atoms with Crippen LogP contribution in [0.4, 0.5) is 10.5 Å². The average molecular weight is 258 g/mol. The van der Waals surface area contributed by atoms with Crippen LogP contribution in [0.5, 0.6) is 0 Å². The summed E-state index contributed by atoms with van der Waals surface area (Å²) in [6, 6.07) is 4.64. The van der Waals surface area contributed by atoms with Crippen LogP contribution in [0.15, 0.2) is 24.3 Å². The number of para-hydroxylation sites is 1. The Morgan fingerprint density at radius 3 is 2.35 bits per heavy atom. The van der Waals surface area contributed by atoms with Crippen LogP contribution in [-0.2, 0) is 10.0 Å². The van der Waals surface area contributed by atoms with Gasteiger partial charge in [-0.3, -0.25) is 0 Å². The Morgan fingerprint density at radius 1 is 1.24 bits per heavy atom. The third-order valence-corrected chi connectivity index (χ3v) is 2.24. The number of carboxylic acid groups (broad SMARTS) is 1. The van der Waals surface area contributed by atoms with E-state index in [0.29, 0.717) is 0 Å². The molecule has 1 aromatic rings. The number of amides is 2. The highest BCUT2D eigenvalue weighted by atomic mass is 32.2. The standard InChI is InChI=1S/C9H10N2O5S/c1-17(15,16)11-9(14)10-7-5-3-2-4-6(7)8(12)13/h2-5H,1H3,(H,12,13)(H2,10,11,14). The molecule has 2 amide bonds. The van der Waals surface area contributed by atoms with Crippen molar-refractivity contribution in [3.05, 3.63) is 29.8 Å². The van der Waals surface area contributed by atoms with Gasteiger partial charge in [0, 0.05) is 0 Å². The normalized spacial score (nSPS) is 10.6. The lowest BCUT2D eigenvalue weighted by atomic mass is 10.2. The summed E-state index contributed by atoms with van der Waals surface area (Å²) in [5.41, 5.74) is -0.114. The van der Waals surface area contributed by atoms with Gasteiger partial charge in [-0.05, 0) is 12.1 Å². The number of carboxylic acids is 1. The number of rotatable bonds is 3. The first-order valence-electron chi connectivity index (χ1n) is 4.40. The quantitative estimate of drug-likeness (QED) is 0.729. The summed E-state index contributed by atoms with van der Waals surface area (Å²) < 4.78 is 23.2. The van der Waals surface area contributed by atoms with E-state index in [1.807, 2.05) is 0 Å². The predicted octanol–water partition coefficient (Wildman–Crippen LogP) is 0.466. The van der Waals surface area contributed by atoms with Crippen molar-refractivity contribution in [2.24, 2.45) is 0 Å². The molecule has 0 unspecified atom stereocenters. The first-order chi connectivity index (χ1) is 7.79. The average Bonchev–Trinajstić information content (AvgIpc) is 2.14. The van der Waals surface area contributed by atoms with E-state index >= 15 is 0 Å². The zero-order valence-corrected chi connectivity index (χ0v) is 9.61. The molecular weight excluding hydrogens is 248 g/mol. The van der Waals surface area contributed by atoms with E-state index < -0.39 is 22.0 Å². The first kappa shape index (κ1) is 13.0. The van der Waals surface area contributed by atoms with Crippen molar-refractivity contribution in [2.45, 2.75) is 0 Å². The van der Waals surface area contributed by atoms with Gasteiger partial charge >= 0.3 is 12.0 Å². The highest BCUT2D eigenvalue weighted by molar-refractivity contribution is 7.89. The van der Waals surface area contributed by atoms with Crippen molar-refractivity contribution >= 4 is 27.7 Å². The van der Waals surface area contributed by atoms with E-state index in [-0.39, 0.29) is 11.3 Å². The maximum absolute atomic E-state index is 11.2. The number of aromatic carboxylic acids is 1. The maximum Gasteiger partial charge on any atom is 0.337 e. The van der Waals surface area contributed by atoms with Crippen LogP contribution in [0.1, 0.15) is 10.4 Å². The van der Waals surface area contributed by atoms with Crippen molar-refractivity contribution in [2.75, 3.05) is 11.6 Å². The number of carbonyl (C=O) groups is 2. The van der Waals surface area contributed by atoms with Crippen LogP contribution in [0.3, 0.4) is 0 Å². The molecule has 0 atom stereocenters. The number of hydrogen-bond acceptors (Lipinski definition) is 4. The Hall–Kier alpha value is -2.09. The fourth-order valence-electron chi connectivity index (χ4n) is 1.09. The van der Waals surface area contributed by atoms with Crippen molar-refractivity contribution in [3.8, 4) is 0 Å². The summed E-state index contributed by atoms with van der Waals surface area (Å²) in [5.74, 6) is -1.22. The molecule has 0 aliphatic carbocycles. The number of anilines is 1. The molecule has 0 bridgehead atoms. The molecule has 1 aromatic carbocycles. The molecule has 0 radical (unpaired) electrons. The van der Waals surface area contributed by atoms with Gasteiger partial charge in [0.25, 0.3) is 0 Å². The van der Waals surface area contributed by atoms with Crippen molar-refractivity contribution in [3.63, 3.8) is 0 Å². The van der Waals surface area contributed by atoms with Gasteiger partial charge in [0.05, 0.1) is 17.5 Å². The van der Waals surface area contributed by atoms with Gasteiger partial charge in [-0.25, -0.2) is 22.7 Å². The summed E-state index contributed by atoms with van der Waals surface area (Å²) in [5, 5.41) is 11.0. The molecule has 3 N–H and O–H groups in total. The largest absolute Gasteiger partial charge is 0.478 e. The second-order valence-corrected chi connectivity index (χ2v) is 4.93. The lowest BCUT2D eigenvalue weighted by Crippen LogP contribution is -2.33. The molecule has 17 heavy (non-hydrogen) atoms. The number of nitrogens with one attached hydrogen (secondary N) is 2. The molecule has 92 valence electrons. The first-order valence-corrected chi connectivity index (χ1v) is 6.30. The van der Waals surface area contributed by atoms with Gasteiger partial charge in [-0.2, -0.15) is 0 Å². The summed E-state index contributed by atoms with van der Waals surface area (Å²) in [6.45, 7) is 0. The van der Waals surface area contributed by atoms with Gasteiger partial charge in [-0.1, -0.05) is 12.1 Å². The minimum atomic E-state index is -3.69. The Labute approximate surface area is 97.5 Å². The molecule has 0 aliphatic heterocycles. The fraction of sp³-hybridized carbons (Fsp3) is 0.111. The Bertz CT molecular complexity index is 552. The molecule has 7 nitrogen and oxygen atoms in total. The van der Waals surface area contributed by atoms with Crippen LogP contribution in [-0.4, -0.2) is 31.8 Å². The molecule has 0 aromatic heterocycles. The summed E-state index contributed by atoms with van der Waals surface area (Å²) in [7, 11) is -3.69. The number of hydrogen-bond donors (Lipinski definition) is 3. The fourth-order valence-corrected chi connectivity index (χ4v) is 1.48. The van der Waals surface area contributed by atoms with Crippen LogP contribution in [0.25, 0.3) is 0 Å². The van der Waals surface area contributed by atoms with E-state index in [4.69, 9.17) is 5.11 Å². The zero-order chi connectivity index (χ0) is 13.1. The van der Waals surface area contributed by atoms with E-state index in [2.05, 4.69) is 5.32 Å². The van der Waals surface area contributed by atoms with Crippen LogP contribution >= 0.6 is 0 Å². The second kappa shape index (κ2) is 4.83. The van der Waals surface area contributed by atoms with Crippen molar-refractivity contribution in [1.82, 2.24) is 4.72 Å². The molecule has 0 fully saturated rings. The molecule has 0 aliphatic rings. The van der Waals surface area contributed by atoms with Gasteiger partial charge in [0.1, 0.15) is 0 Å². The van der Waals surface area contributed by atoms with Gasteiger partial charge in [0.2, 0.25) is 10.0 Å². The van der Waals surface area contributed by atoms with Crippen LogP contribution < -0.4 is 10.0 Å². The molecule has 0 spiro atoms. The van der Waals surface area contributed by atoms with Crippen molar-refractivity contribution < 1.29 is 23.1 Å². The van der Waals surface area contributed by atoms with E-state index in [1.54, 1.807) is 4.72 Å². The summed E-state index contributed by atoms with van der Waals surface area (Å²) in [6.07, 6.45) is 0.815. The highest BCUT2D eigenvalue weighted by Gasteiger charge is 2.13. The predicted molar refractivity (Wildman–Crippen MR) is 60.4 cm³/mol. The lowest BCUT2D eigenvalue weighted by molar-refractivity contribution is 0.0698. The minimum absolute atomic E-state index is 0.0150. The number of carbonyl (C=O) groups excluding carboxylic acids is 1. The molecule has 0 saturated heterocycles. The van der Waals surface area contributed by atoms with Crippen molar-refractivity contribution in [1.29, 1.82) is 0 Å².